The van der Waals surface area contributed by atoms with Gasteiger partial charge >= 0.3 is 0 Å². The van der Waals surface area contributed by atoms with Crippen LogP contribution in [0.2, 0.25) is 0 Å². The average molecular weight is 236 g/mol. The van der Waals surface area contributed by atoms with E-state index in [9.17, 15) is 0 Å². The lowest BCUT2D eigenvalue weighted by molar-refractivity contribution is 0.313. The Labute approximate surface area is 104 Å². The summed E-state index contributed by atoms with van der Waals surface area (Å²) >= 11 is 0. The van der Waals surface area contributed by atoms with Gasteiger partial charge in [-0.2, -0.15) is 0 Å². The Kier molecular flexibility index (Phi) is 3.52. The second-order valence-corrected chi connectivity index (χ2v) is 5.76. The Morgan fingerprint density at radius 3 is 2.71 bits per heavy atom. The fourth-order valence-electron chi connectivity index (χ4n) is 3.03. The summed E-state index contributed by atoms with van der Waals surface area (Å²) in [5.74, 6) is 2.64. The molecular formula is C13H24N4. The molecule has 0 radical (unpaired) electrons. The summed E-state index contributed by atoms with van der Waals surface area (Å²) in [5, 5.41) is 8.67. The predicted octanol–water partition coefficient (Wildman–Crippen LogP) is 2.44. The van der Waals surface area contributed by atoms with Crippen molar-refractivity contribution in [1.29, 1.82) is 0 Å². The third-order valence-corrected chi connectivity index (χ3v) is 4.05. The molecule has 2 rings (SSSR count). The van der Waals surface area contributed by atoms with Gasteiger partial charge in [-0.1, -0.05) is 27.2 Å². The monoisotopic (exact) mass is 236 g/mol. The molecule has 2 N–H and O–H groups in total. The zero-order chi connectivity index (χ0) is 12.5. The van der Waals surface area contributed by atoms with Crippen LogP contribution in [0.15, 0.2) is 0 Å². The second kappa shape index (κ2) is 4.77. The van der Waals surface area contributed by atoms with Crippen LogP contribution in [-0.2, 0) is 13.1 Å². The molecule has 4 heteroatoms. The average Bonchev–Trinajstić information content (AvgIpc) is 2.82. The maximum Gasteiger partial charge on any atom is 0.146 e. The third kappa shape index (κ3) is 2.23. The number of nitrogens with zero attached hydrogens (tertiary/aromatic N) is 3. The Hall–Kier alpha value is -0.900. The molecule has 1 aliphatic carbocycles. The van der Waals surface area contributed by atoms with E-state index < -0.39 is 0 Å². The number of nitrogens with two attached hydrogens (primary N) is 1. The Morgan fingerprint density at radius 1 is 1.41 bits per heavy atom. The lowest BCUT2D eigenvalue weighted by Crippen LogP contribution is -2.21. The third-order valence-electron chi connectivity index (χ3n) is 4.05. The molecule has 0 aliphatic heterocycles. The Morgan fingerprint density at radius 2 is 2.18 bits per heavy atom. The van der Waals surface area contributed by atoms with Crippen molar-refractivity contribution in [2.45, 2.75) is 65.5 Å². The first kappa shape index (κ1) is 12.6. The number of rotatable bonds is 4. The van der Waals surface area contributed by atoms with Gasteiger partial charge in [-0.05, 0) is 24.7 Å². The largest absolute Gasteiger partial charge is 0.324 e. The van der Waals surface area contributed by atoms with Gasteiger partial charge in [-0.25, -0.2) is 0 Å². The molecule has 1 aromatic rings. The van der Waals surface area contributed by atoms with Crippen molar-refractivity contribution in [3.63, 3.8) is 0 Å². The highest BCUT2D eigenvalue weighted by molar-refractivity contribution is 5.09. The van der Waals surface area contributed by atoms with E-state index in [1.165, 1.54) is 19.3 Å². The minimum absolute atomic E-state index is 0.352. The minimum Gasteiger partial charge on any atom is -0.324 e. The zero-order valence-corrected chi connectivity index (χ0v) is 11.2. The van der Waals surface area contributed by atoms with Crippen molar-refractivity contribution in [1.82, 2.24) is 14.8 Å². The van der Waals surface area contributed by atoms with Gasteiger partial charge in [0.15, 0.2) is 0 Å². The first-order valence-electron chi connectivity index (χ1n) is 6.72. The molecule has 17 heavy (non-hydrogen) atoms. The smallest absolute Gasteiger partial charge is 0.146 e. The van der Waals surface area contributed by atoms with Gasteiger partial charge in [0, 0.05) is 12.5 Å². The van der Waals surface area contributed by atoms with Crippen molar-refractivity contribution in [3.05, 3.63) is 11.6 Å². The SMILES string of the molecule is CCCn1c(CN)nnc1C1CCCC1(C)C. The topological polar surface area (TPSA) is 56.7 Å². The molecule has 0 aromatic carbocycles. The molecule has 4 nitrogen and oxygen atoms in total. The van der Waals surface area contributed by atoms with E-state index in [1.54, 1.807) is 0 Å². The highest BCUT2D eigenvalue weighted by Gasteiger charge is 2.38. The van der Waals surface area contributed by atoms with E-state index in [2.05, 4.69) is 35.5 Å². The Bertz CT molecular complexity index is 381. The summed E-state index contributed by atoms with van der Waals surface area (Å²) in [7, 11) is 0. The van der Waals surface area contributed by atoms with E-state index >= 15 is 0 Å². The van der Waals surface area contributed by atoms with Crippen molar-refractivity contribution in [2.24, 2.45) is 11.1 Å². The normalized spacial score (nSPS) is 23.2. The van der Waals surface area contributed by atoms with Crippen LogP contribution >= 0.6 is 0 Å². The lowest BCUT2D eigenvalue weighted by Gasteiger charge is -2.26. The predicted molar refractivity (Wildman–Crippen MR) is 68.6 cm³/mol. The quantitative estimate of drug-likeness (QED) is 0.873. The minimum atomic E-state index is 0.352. The molecule has 1 fully saturated rings. The molecule has 1 saturated carbocycles. The first-order valence-corrected chi connectivity index (χ1v) is 6.72. The fraction of sp³-hybridized carbons (Fsp3) is 0.846. The standard InChI is InChI=1S/C13H24N4/c1-4-8-17-11(9-14)15-16-12(17)10-6-5-7-13(10,2)3/h10H,4-9,14H2,1-3H3. The van der Waals surface area contributed by atoms with Crippen LogP contribution in [0.3, 0.4) is 0 Å². The highest BCUT2D eigenvalue weighted by atomic mass is 15.3. The summed E-state index contributed by atoms with van der Waals surface area (Å²) in [6.45, 7) is 8.35. The fourth-order valence-corrected chi connectivity index (χ4v) is 3.03. The molecular weight excluding hydrogens is 212 g/mol. The maximum absolute atomic E-state index is 5.74. The molecule has 0 spiro atoms. The van der Waals surface area contributed by atoms with E-state index in [4.69, 9.17) is 5.73 Å². The summed E-state index contributed by atoms with van der Waals surface area (Å²) in [5.41, 5.74) is 6.09. The van der Waals surface area contributed by atoms with Crippen molar-refractivity contribution >= 4 is 0 Å². The van der Waals surface area contributed by atoms with Gasteiger partial charge in [0.1, 0.15) is 11.6 Å². The van der Waals surface area contributed by atoms with Gasteiger partial charge in [0.25, 0.3) is 0 Å². The van der Waals surface area contributed by atoms with Gasteiger partial charge in [0.2, 0.25) is 0 Å². The van der Waals surface area contributed by atoms with Crippen molar-refractivity contribution < 1.29 is 0 Å². The summed E-state index contributed by atoms with van der Waals surface area (Å²) in [4.78, 5) is 0. The summed E-state index contributed by atoms with van der Waals surface area (Å²) in [6.07, 6.45) is 4.92. The molecule has 1 atom stereocenters. The van der Waals surface area contributed by atoms with Gasteiger partial charge in [-0.15, -0.1) is 10.2 Å². The number of aromatic nitrogens is 3. The van der Waals surface area contributed by atoms with Gasteiger partial charge in [-0.3, -0.25) is 0 Å². The van der Waals surface area contributed by atoms with Crippen LogP contribution in [0.4, 0.5) is 0 Å². The van der Waals surface area contributed by atoms with E-state index in [0.29, 0.717) is 17.9 Å². The molecule has 1 heterocycles. The van der Waals surface area contributed by atoms with Crippen molar-refractivity contribution in [2.75, 3.05) is 0 Å². The van der Waals surface area contributed by atoms with Crippen molar-refractivity contribution in [3.8, 4) is 0 Å². The molecule has 96 valence electrons. The highest BCUT2D eigenvalue weighted by Crippen LogP contribution is 2.48. The van der Waals surface area contributed by atoms with Crippen LogP contribution in [0.25, 0.3) is 0 Å². The van der Waals surface area contributed by atoms with Crippen LogP contribution in [-0.4, -0.2) is 14.8 Å². The first-order chi connectivity index (χ1) is 8.10. The lowest BCUT2D eigenvalue weighted by atomic mass is 9.81. The van der Waals surface area contributed by atoms with E-state index in [0.717, 1.165) is 24.6 Å². The van der Waals surface area contributed by atoms with Gasteiger partial charge in [0.05, 0.1) is 6.54 Å². The van der Waals surface area contributed by atoms with Crippen LogP contribution < -0.4 is 5.73 Å². The summed E-state index contributed by atoms with van der Waals surface area (Å²) < 4.78 is 2.25. The van der Waals surface area contributed by atoms with E-state index in [-0.39, 0.29) is 0 Å². The zero-order valence-electron chi connectivity index (χ0n) is 11.2. The van der Waals surface area contributed by atoms with Crippen LogP contribution in [0.1, 0.15) is 64.0 Å². The maximum atomic E-state index is 5.74. The molecule has 1 unspecified atom stereocenters. The molecule has 0 bridgehead atoms. The number of hydrogen-bond donors (Lipinski definition) is 1. The molecule has 1 aromatic heterocycles. The molecule has 1 aliphatic rings. The summed E-state index contributed by atoms with van der Waals surface area (Å²) in [6, 6.07) is 0. The Balaban J connectivity index is 2.34. The van der Waals surface area contributed by atoms with Gasteiger partial charge < -0.3 is 10.3 Å². The molecule has 0 amide bonds. The van der Waals surface area contributed by atoms with E-state index in [1.807, 2.05) is 0 Å². The van der Waals surface area contributed by atoms with Crippen LogP contribution in [0, 0.1) is 5.41 Å². The molecule has 0 saturated heterocycles. The number of hydrogen-bond acceptors (Lipinski definition) is 3. The second-order valence-electron chi connectivity index (χ2n) is 5.76. The van der Waals surface area contributed by atoms with Crippen LogP contribution in [0.5, 0.6) is 0 Å².